The van der Waals surface area contributed by atoms with Crippen LogP contribution in [0.3, 0.4) is 0 Å². The number of aromatic amines is 1. The van der Waals surface area contributed by atoms with Crippen molar-refractivity contribution in [2.24, 2.45) is 0 Å². The zero-order valence-electron chi connectivity index (χ0n) is 11.5. The van der Waals surface area contributed by atoms with Crippen LogP contribution < -0.4 is 0 Å². The molecule has 0 aliphatic carbocycles. The Bertz CT molecular complexity index is 881. The molecule has 0 radical (unpaired) electrons. The van der Waals surface area contributed by atoms with E-state index in [0.29, 0.717) is 12.1 Å². The molecule has 0 spiro atoms. The number of nitrogens with one attached hydrogen (secondary N) is 1. The number of benzene rings is 1. The molecule has 120 valence electrons. The van der Waals surface area contributed by atoms with Gasteiger partial charge in [-0.05, 0) is 17.8 Å². The Labute approximate surface area is 137 Å². The average molecular weight is 357 g/mol. The monoisotopic (exact) mass is 357 g/mol. The smallest absolute Gasteiger partial charge is 0.434 e. The van der Waals surface area contributed by atoms with Gasteiger partial charge in [0.1, 0.15) is 0 Å². The van der Waals surface area contributed by atoms with Gasteiger partial charge in [0.25, 0.3) is 0 Å². The largest absolute Gasteiger partial charge is 0.493 e. The second-order valence-corrected chi connectivity index (χ2v) is 5.97. The lowest BCUT2D eigenvalue weighted by Gasteiger charge is -2.02. The van der Waals surface area contributed by atoms with Gasteiger partial charge >= 0.3 is 6.18 Å². The van der Waals surface area contributed by atoms with E-state index in [0.717, 1.165) is 26.8 Å². The topological polar surface area (TPSA) is 53.8 Å². The molecule has 3 aromatic rings. The first-order valence-corrected chi connectivity index (χ1v) is 7.75. The third-order valence-corrected chi connectivity index (χ3v) is 4.25. The summed E-state index contributed by atoms with van der Waals surface area (Å²) in [5.74, 6) is -0.234. The molecule has 2 aromatic heterocycles. The van der Waals surface area contributed by atoms with E-state index < -0.39 is 11.9 Å². The van der Waals surface area contributed by atoms with E-state index in [-0.39, 0.29) is 15.8 Å². The standard InChI is InChI=1S/C14H10F3N3OS2/c15-14(16,17)10-7-23-13(19-10)20-11(21)9(18-12(20)22)6-8-4-2-1-3-5-8/h1-5,7,21H,6H2,(H,18,22). The predicted molar refractivity (Wildman–Crippen MR) is 82.5 cm³/mol. The normalized spacial score (nSPS) is 11.8. The van der Waals surface area contributed by atoms with Gasteiger partial charge in [-0.25, -0.2) is 9.55 Å². The van der Waals surface area contributed by atoms with Crippen LogP contribution in [-0.2, 0) is 12.6 Å². The highest BCUT2D eigenvalue weighted by molar-refractivity contribution is 7.71. The van der Waals surface area contributed by atoms with E-state index in [2.05, 4.69) is 9.97 Å². The van der Waals surface area contributed by atoms with E-state index in [4.69, 9.17) is 12.2 Å². The van der Waals surface area contributed by atoms with Crippen molar-refractivity contribution >= 4 is 23.6 Å². The van der Waals surface area contributed by atoms with Gasteiger partial charge in [0, 0.05) is 11.8 Å². The number of H-pyrrole nitrogens is 1. The molecule has 2 heterocycles. The summed E-state index contributed by atoms with van der Waals surface area (Å²) in [7, 11) is 0. The zero-order chi connectivity index (χ0) is 16.6. The van der Waals surface area contributed by atoms with Crippen LogP contribution in [0.5, 0.6) is 5.88 Å². The van der Waals surface area contributed by atoms with Crippen LogP contribution in [0.4, 0.5) is 13.2 Å². The first-order valence-electron chi connectivity index (χ1n) is 6.46. The van der Waals surface area contributed by atoms with Crippen LogP contribution in [0.1, 0.15) is 17.0 Å². The molecule has 0 aliphatic heterocycles. The highest BCUT2D eigenvalue weighted by Crippen LogP contribution is 2.33. The van der Waals surface area contributed by atoms with Crippen molar-refractivity contribution in [3.05, 3.63) is 57.4 Å². The SMILES string of the molecule is Oc1c(Cc2ccccc2)[nH]c(=S)n1-c1nc(C(F)(F)F)cs1. The number of halogens is 3. The lowest BCUT2D eigenvalue weighted by Crippen LogP contribution is -2.05. The summed E-state index contributed by atoms with van der Waals surface area (Å²) in [6.45, 7) is 0. The van der Waals surface area contributed by atoms with Gasteiger partial charge in [0.05, 0.1) is 5.69 Å². The third kappa shape index (κ3) is 3.15. The lowest BCUT2D eigenvalue weighted by molar-refractivity contribution is -0.140. The molecular weight excluding hydrogens is 347 g/mol. The molecule has 0 atom stereocenters. The molecule has 0 saturated heterocycles. The highest BCUT2D eigenvalue weighted by atomic mass is 32.1. The maximum absolute atomic E-state index is 12.6. The van der Waals surface area contributed by atoms with Gasteiger partial charge in [0.2, 0.25) is 5.88 Å². The molecule has 0 fully saturated rings. The molecule has 0 aliphatic rings. The minimum atomic E-state index is -4.53. The van der Waals surface area contributed by atoms with Gasteiger partial charge in [-0.1, -0.05) is 30.3 Å². The number of hydrogen-bond donors (Lipinski definition) is 2. The Morgan fingerprint density at radius 3 is 2.57 bits per heavy atom. The minimum Gasteiger partial charge on any atom is -0.493 e. The van der Waals surface area contributed by atoms with E-state index in [9.17, 15) is 18.3 Å². The van der Waals surface area contributed by atoms with Crippen LogP contribution in [0.2, 0.25) is 0 Å². The summed E-state index contributed by atoms with van der Waals surface area (Å²) in [6.07, 6.45) is -4.16. The molecule has 23 heavy (non-hydrogen) atoms. The summed E-state index contributed by atoms with van der Waals surface area (Å²) in [4.78, 5) is 6.32. The van der Waals surface area contributed by atoms with Crippen molar-refractivity contribution in [2.75, 3.05) is 0 Å². The highest BCUT2D eigenvalue weighted by Gasteiger charge is 2.34. The van der Waals surface area contributed by atoms with Gasteiger partial charge in [-0.2, -0.15) is 13.2 Å². The number of hydrogen-bond acceptors (Lipinski definition) is 4. The van der Waals surface area contributed by atoms with Crippen LogP contribution in [0.15, 0.2) is 35.7 Å². The van der Waals surface area contributed by atoms with Gasteiger partial charge in [-0.3, -0.25) is 0 Å². The molecule has 0 unspecified atom stereocenters. The first kappa shape index (κ1) is 15.8. The Morgan fingerprint density at radius 2 is 1.96 bits per heavy atom. The fraction of sp³-hybridized carbons (Fsp3) is 0.143. The van der Waals surface area contributed by atoms with E-state index in [1.165, 1.54) is 0 Å². The molecule has 2 N–H and O–H groups in total. The maximum atomic E-state index is 12.6. The quantitative estimate of drug-likeness (QED) is 0.687. The number of nitrogens with zero attached hydrogens (tertiary/aromatic N) is 2. The molecular formula is C14H10F3N3OS2. The molecule has 0 saturated carbocycles. The summed E-state index contributed by atoms with van der Waals surface area (Å²) in [5.41, 5.74) is 0.343. The second kappa shape index (κ2) is 5.82. The number of thiazole rings is 1. The number of alkyl halides is 3. The van der Waals surface area contributed by atoms with Crippen molar-refractivity contribution in [3.8, 4) is 11.0 Å². The number of rotatable bonds is 3. The van der Waals surface area contributed by atoms with Crippen molar-refractivity contribution in [2.45, 2.75) is 12.6 Å². The Kier molecular flexibility index (Phi) is 3.99. The first-order chi connectivity index (χ1) is 10.9. The van der Waals surface area contributed by atoms with Crippen molar-refractivity contribution in [3.63, 3.8) is 0 Å². The predicted octanol–water partition coefficient (Wildman–Crippen LogP) is 4.31. The third-order valence-electron chi connectivity index (χ3n) is 3.14. The molecule has 1 aromatic carbocycles. The fourth-order valence-corrected chi connectivity index (χ4v) is 3.26. The van der Waals surface area contributed by atoms with Crippen molar-refractivity contribution in [1.29, 1.82) is 0 Å². The average Bonchev–Trinajstić information content (AvgIpc) is 3.06. The van der Waals surface area contributed by atoms with Crippen molar-refractivity contribution < 1.29 is 18.3 Å². The van der Waals surface area contributed by atoms with Crippen molar-refractivity contribution in [1.82, 2.24) is 14.5 Å². The zero-order valence-corrected chi connectivity index (χ0v) is 13.1. The van der Waals surface area contributed by atoms with Gasteiger partial charge < -0.3 is 10.1 Å². The summed E-state index contributed by atoms with van der Waals surface area (Å²) in [5, 5.41) is 11.1. The fourth-order valence-electron chi connectivity index (χ4n) is 2.07. The number of imidazole rings is 1. The Balaban J connectivity index is 1.98. The Hall–Kier alpha value is -2.13. The molecule has 0 bridgehead atoms. The van der Waals surface area contributed by atoms with Gasteiger partial charge in [0.15, 0.2) is 15.6 Å². The maximum Gasteiger partial charge on any atom is 0.434 e. The number of aromatic hydroxyl groups is 1. The summed E-state index contributed by atoms with van der Waals surface area (Å²) >= 11 is 5.86. The molecule has 3 rings (SSSR count). The van der Waals surface area contributed by atoms with Crippen LogP contribution >= 0.6 is 23.6 Å². The number of aromatic nitrogens is 3. The van der Waals surface area contributed by atoms with Crippen LogP contribution in [-0.4, -0.2) is 19.6 Å². The van der Waals surface area contributed by atoms with E-state index >= 15 is 0 Å². The minimum absolute atomic E-state index is 0.0320. The molecule has 9 heteroatoms. The van der Waals surface area contributed by atoms with E-state index in [1.807, 2.05) is 30.3 Å². The molecule has 0 amide bonds. The van der Waals surface area contributed by atoms with Gasteiger partial charge in [-0.15, -0.1) is 11.3 Å². The molecule has 4 nitrogen and oxygen atoms in total. The van der Waals surface area contributed by atoms with Crippen LogP contribution in [0.25, 0.3) is 5.13 Å². The second-order valence-electron chi connectivity index (χ2n) is 4.74. The summed E-state index contributed by atoms with van der Waals surface area (Å²) in [6, 6.07) is 9.32. The Morgan fingerprint density at radius 1 is 1.26 bits per heavy atom. The van der Waals surface area contributed by atoms with E-state index in [1.54, 1.807) is 0 Å². The summed E-state index contributed by atoms with van der Waals surface area (Å²) < 4.78 is 39.1. The lowest BCUT2D eigenvalue weighted by atomic mass is 10.1. The van der Waals surface area contributed by atoms with Crippen LogP contribution in [0, 0.1) is 4.77 Å².